The number of nitrogens with one attached hydrogen (secondary N) is 1. The van der Waals surface area contributed by atoms with Gasteiger partial charge in [-0.25, -0.2) is 0 Å². The number of halogens is 1. The Morgan fingerprint density at radius 1 is 1.17 bits per heavy atom. The van der Waals surface area contributed by atoms with Gasteiger partial charge in [0.2, 0.25) is 0 Å². The van der Waals surface area contributed by atoms with Gasteiger partial charge < -0.3 is 14.8 Å². The van der Waals surface area contributed by atoms with E-state index >= 15 is 0 Å². The minimum Gasteiger partial charge on any atom is -0.496 e. The lowest BCUT2D eigenvalue weighted by atomic mass is 10.1. The molecule has 4 nitrogen and oxygen atoms in total. The average Bonchev–Trinajstić information content (AvgIpc) is 2.58. The highest BCUT2D eigenvalue weighted by Gasteiger charge is 2.07. The molecule has 0 aliphatic carbocycles. The molecule has 0 bridgehead atoms. The molecule has 0 atom stereocenters. The number of methoxy groups -OCH3 is 1. The molecule has 24 heavy (non-hydrogen) atoms. The molecule has 5 heteroatoms. The molecule has 0 aliphatic heterocycles. The summed E-state index contributed by atoms with van der Waals surface area (Å²) in [6, 6.07) is 11.4. The normalized spacial score (nSPS) is 10.3. The van der Waals surface area contributed by atoms with Crippen LogP contribution in [0.4, 0.5) is 0 Å². The second-order valence-electron chi connectivity index (χ2n) is 5.57. The van der Waals surface area contributed by atoms with Crippen LogP contribution in [0.3, 0.4) is 0 Å². The zero-order valence-corrected chi connectivity index (χ0v) is 14.9. The van der Waals surface area contributed by atoms with Gasteiger partial charge in [-0.05, 0) is 55.2 Å². The van der Waals surface area contributed by atoms with Crippen molar-refractivity contribution in [2.75, 3.05) is 20.3 Å². The summed E-state index contributed by atoms with van der Waals surface area (Å²) in [6.07, 6.45) is 0.703. The summed E-state index contributed by atoms with van der Waals surface area (Å²) in [5.74, 6) is 1.32. The predicted octanol–water partition coefficient (Wildman–Crippen LogP) is 3.70. The summed E-state index contributed by atoms with van der Waals surface area (Å²) in [7, 11) is 1.64. The first kappa shape index (κ1) is 18.1. The molecular weight excluding hydrogens is 326 g/mol. The van der Waals surface area contributed by atoms with Gasteiger partial charge in [-0.2, -0.15) is 0 Å². The van der Waals surface area contributed by atoms with Crippen LogP contribution in [-0.4, -0.2) is 26.2 Å². The average molecular weight is 348 g/mol. The first-order valence-corrected chi connectivity index (χ1v) is 8.17. The van der Waals surface area contributed by atoms with Crippen molar-refractivity contribution in [1.29, 1.82) is 0 Å². The van der Waals surface area contributed by atoms with Gasteiger partial charge >= 0.3 is 0 Å². The van der Waals surface area contributed by atoms with E-state index in [0.717, 1.165) is 27.5 Å². The van der Waals surface area contributed by atoms with Gasteiger partial charge in [-0.15, -0.1) is 0 Å². The quantitative estimate of drug-likeness (QED) is 0.830. The Balaban J connectivity index is 1.80. The van der Waals surface area contributed by atoms with E-state index in [0.29, 0.717) is 18.7 Å². The smallest absolute Gasteiger partial charge is 0.257 e. The summed E-state index contributed by atoms with van der Waals surface area (Å²) in [5, 5.41) is 3.57. The number of carbonyl (C=O) groups excluding carboxylic acids is 1. The summed E-state index contributed by atoms with van der Waals surface area (Å²) in [5.41, 5.74) is 2.93. The zero-order valence-electron chi connectivity index (χ0n) is 14.2. The van der Waals surface area contributed by atoms with Crippen molar-refractivity contribution in [3.63, 3.8) is 0 Å². The van der Waals surface area contributed by atoms with E-state index in [1.807, 2.05) is 50.2 Å². The Hall–Kier alpha value is -2.20. The van der Waals surface area contributed by atoms with Crippen LogP contribution in [0.15, 0.2) is 36.4 Å². The van der Waals surface area contributed by atoms with E-state index in [4.69, 9.17) is 21.1 Å². The molecule has 1 amide bonds. The highest BCUT2D eigenvalue weighted by Crippen LogP contribution is 2.25. The summed E-state index contributed by atoms with van der Waals surface area (Å²) >= 11 is 6.12. The molecule has 0 aromatic heterocycles. The van der Waals surface area contributed by atoms with Crippen LogP contribution >= 0.6 is 11.6 Å². The Bertz CT molecular complexity index is 693. The van der Waals surface area contributed by atoms with Crippen molar-refractivity contribution >= 4 is 17.5 Å². The van der Waals surface area contributed by atoms with Crippen molar-refractivity contribution < 1.29 is 14.3 Å². The third-order valence-corrected chi connectivity index (χ3v) is 4.29. The summed E-state index contributed by atoms with van der Waals surface area (Å²) in [4.78, 5) is 11.9. The Morgan fingerprint density at radius 2 is 1.83 bits per heavy atom. The monoisotopic (exact) mass is 347 g/mol. The van der Waals surface area contributed by atoms with Gasteiger partial charge in [0.1, 0.15) is 11.5 Å². The van der Waals surface area contributed by atoms with Crippen LogP contribution in [0.2, 0.25) is 5.02 Å². The number of aryl methyl sites for hydroxylation is 2. The molecule has 0 heterocycles. The maximum atomic E-state index is 11.9. The van der Waals surface area contributed by atoms with Gasteiger partial charge in [0.25, 0.3) is 5.91 Å². The lowest BCUT2D eigenvalue weighted by molar-refractivity contribution is -0.123. The van der Waals surface area contributed by atoms with Crippen LogP contribution in [0.25, 0.3) is 0 Å². The number of benzene rings is 2. The molecule has 0 saturated carbocycles. The van der Waals surface area contributed by atoms with E-state index in [1.54, 1.807) is 7.11 Å². The summed E-state index contributed by atoms with van der Waals surface area (Å²) in [6.45, 7) is 4.33. The van der Waals surface area contributed by atoms with Gasteiger partial charge in [-0.1, -0.05) is 29.8 Å². The molecule has 2 aromatic rings. The first-order valence-electron chi connectivity index (χ1n) is 7.79. The zero-order chi connectivity index (χ0) is 17.5. The third kappa shape index (κ3) is 4.90. The fraction of sp³-hybridized carbons (Fsp3) is 0.316. The van der Waals surface area contributed by atoms with Crippen LogP contribution in [0, 0.1) is 13.8 Å². The van der Waals surface area contributed by atoms with E-state index < -0.39 is 0 Å². The Kier molecular flexibility index (Phi) is 6.50. The number of carbonyl (C=O) groups is 1. The highest BCUT2D eigenvalue weighted by molar-refractivity contribution is 6.32. The van der Waals surface area contributed by atoms with Crippen LogP contribution < -0.4 is 14.8 Å². The van der Waals surface area contributed by atoms with Crippen molar-refractivity contribution in [2.45, 2.75) is 20.3 Å². The Labute approximate surface area is 147 Å². The molecule has 0 radical (unpaired) electrons. The Morgan fingerprint density at radius 3 is 2.50 bits per heavy atom. The molecule has 0 aliphatic rings. The van der Waals surface area contributed by atoms with Gasteiger partial charge in [-0.3, -0.25) is 4.79 Å². The predicted molar refractivity (Wildman–Crippen MR) is 96.1 cm³/mol. The number of hydrogen-bond acceptors (Lipinski definition) is 3. The standard InChI is InChI=1S/C19H22ClNO3/c1-13-10-16(11-14(2)19(13)20)24-12-18(22)21-9-8-15-6-4-5-7-17(15)23-3/h4-7,10-11H,8-9,12H2,1-3H3,(H,21,22). The van der Waals surface area contributed by atoms with Crippen LogP contribution in [0.1, 0.15) is 16.7 Å². The number of amides is 1. The third-order valence-electron chi connectivity index (χ3n) is 3.69. The SMILES string of the molecule is COc1ccccc1CCNC(=O)COc1cc(C)c(Cl)c(C)c1. The largest absolute Gasteiger partial charge is 0.496 e. The van der Waals surface area contributed by atoms with Crippen molar-refractivity contribution in [2.24, 2.45) is 0 Å². The topological polar surface area (TPSA) is 47.6 Å². The number of ether oxygens (including phenoxy) is 2. The van der Waals surface area contributed by atoms with Gasteiger partial charge in [0, 0.05) is 11.6 Å². The van der Waals surface area contributed by atoms with E-state index in [2.05, 4.69) is 5.32 Å². The van der Waals surface area contributed by atoms with Crippen LogP contribution in [-0.2, 0) is 11.2 Å². The summed E-state index contributed by atoms with van der Waals surface area (Å²) < 4.78 is 10.8. The first-order chi connectivity index (χ1) is 11.5. The molecular formula is C19H22ClNO3. The maximum Gasteiger partial charge on any atom is 0.257 e. The molecule has 0 spiro atoms. The number of hydrogen-bond donors (Lipinski definition) is 1. The minimum absolute atomic E-state index is 0.0214. The van der Waals surface area contributed by atoms with Crippen molar-refractivity contribution in [3.8, 4) is 11.5 Å². The molecule has 128 valence electrons. The molecule has 0 saturated heterocycles. The van der Waals surface area contributed by atoms with Crippen LogP contribution in [0.5, 0.6) is 11.5 Å². The molecule has 0 fully saturated rings. The molecule has 2 aromatic carbocycles. The van der Waals surface area contributed by atoms with E-state index in [1.165, 1.54) is 0 Å². The van der Waals surface area contributed by atoms with E-state index in [-0.39, 0.29) is 12.5 Å². The lowest BCUT2D eigenvalue weighted by Crippen LogP contribution is -2.30. The lowest BCUT2D eigenvalue weighted by Gasteiger charge is -2.11. The van der Waals surface area contributed by atoms with Gasteiger partial charge in [0.05, 0.1) is 7.11 Å². The molecule has 0 unspecified atom stereocenters. The van der Waals surface area contributed by atoms with Crippen molar-refractivity contribution in [3.05, 3.63) is 58.1 Å². The maximum absolute atomic E-state index is 11.9. The second kappa shape index (κ2) is 8.60. The number of rotatable bonds is 7. The fourth-order valence-corrected chi connectivity index (χ4v) is 2.54. The van der Waals surface area contributed by atoms with Gasteiger partial charge in [0.15, 0.2) is 6.61 Å². The number of para-hydroxylation sites is 1. The van der Waals surface area contributed by atoms with E-state index in [9.17, 15) is 4.79 Å². The molecule has 1 N–H and O–H groups in total. The molecule has 2 rings (SSSR count). The van der Waals surface area contributed by atoms with Crippen molar-refractivity contribution in [1.82, 2.24) is 5.32 Å². The fourth-order valence-electron chi connectivity index (χ4n) is 2.44. The highest BCUT2D eigenvalue weighted by atomic mass is 35.5. The second-order valence-corrected chi connectivity index (χ2v) is 5.95. The minimum atomic E-state index is -0.157.